The molecule has 5 nitrogen and oxygen atoms in total. The number of halogens is 1. The Balaban J connectivity index is 1.68. The van der Waals surface area contributed by atoms with Crippen molar-refractivity contribution in [3.05, 3.63) is 41.4 Å². The Kier molecular flexibility index (Phi) is 5.37. The molecular weight excluding hydrogens is 350 g/mol. The second kappa shape index (κ2) is 7.68. The van der Waals surface area contributed by atoms with Gasteiger partial charge in [0.15, 0.2) is 18.1 Å². The van der Waals surface area contributed by atoms with Gasteiger partial charge in [0.05, 0.1) is 10.7 Å². The summed E-state index contributed by atoms with van der Waals surface area (Å²) in [5.74, 6) is 1.51. The number of para-hydroxylation sites is 1. The largest absolute Gasteiger partial charge is 0.486 e. The number of hydrogen-bond acceptors (Lipinski definition) is 5. The fourth-order valence-corrected chi connectivity index (χ4v) is 2.97. The van der Waals surface area contributed by atoms with E-state index in [1.165, 1.54) is 11.8 Å². The first-order valence-electron chi connectivity index (χ1n) is 7.32. The van der Waals surface area contributed by atoms with Crippen molar-refractivity contribution < 1.29 is 19.0 Å². The maximum absolute atomic E-state index is 12.2. The van der Waals surface area contributed by atoms with Crippen LogP contribution in [0.2, 0.25) is 5.02 Å². The van der Waals surface area contributed by atoms with Crippen LogP contribution in [-0.2, 0) is 4.79 Å². The number of hydrogen-bond donors (Lipinski definition) is 1. The van der Waals surface area contributed by atoms with Crippen LogP contribution in [0.5, 0.6) is 17.2 Å². The molecule has 0 atom stereocenters. The zero-order valence-corrected chi connectivity index (χ0v) is 14.6. The van der Waals surface area contributed by atoms with Crippen LogP contribution in [0.3, 0.4) is 0 Å². The Hall–Kier alpha value is -2.05. The van der Waals surface area contributed by atoms with Gasteiger partial charge in [0.1, 0.15) is 19.0 Å². The van der Waals surface area contributed by atoms with E-state index in [9.17, 15) is 4.79 Å². The van der Waals surface area contributed by atoms with Crippen LogP contribution >= 0.6 is 23.4 Å². The number of thioether (sulfide) groups is 1. The number of benzene rings is 2. The fraction of sp³-hybridized carbons (Fsp3) is 0.235. The average Bonchev–Trinajstić information content (AvgIpc) is 2.60. The highest BCUT2D eigenvalue weighted by atomic mass is 35.5. The van der Waals surface area contributed by atoms with Crippen molar-refractivity contribution in [2.45, 2.75) is 4.90 Å². The van der Waals surface area contributed by atoms with Gasteiger partial charge in [-0.25, -0.2) is 0 Å². The summed E-state index contributed by atoms with van der Waals surface area (Å²) in [5.41, 5.74) is 0.666. The molecule has 1 heterocycles. The van der Waals surface area contributed by atoms with Gasteiger partial charge in [0.2, 0.25) is 0 Å². The molecule has 0 unspecified atom stereocenters. The van der Waals surface area contributed by atoms with E-state index in [-0.39, 0.29) is 12.5 Å². The lowest BCUT2D eigenvalue weighted by atomic mass is 10.2. The summed E-state index contributed by atoms with van der Waals surface area (Å²) in [7, 11) is 0. The molecule has 1 aliphatic rings. The van der Waals surface area contributed by atoms with Crippen LogP contribution in [0.4, 0.5) is 5.69 Å². The molecule has 0 bridgehead atoms. The van der Waals surface area contributed by atoms with E-state index >= 15 is 0 Å². The number of anilines is 1. The predicted molar refractivity (Wildman–Crippen MR) is 94.8 cm³/mol. The molecule has 24 heavy (non-hydrogen) atoms. The molecule has 0 aliphatic carbocycles. The monoisotopic (exact) mass is 365 g/mol. The summed E-state index contributed by atoms with van der Waals surface area (Å²) in [5, 5.41) is 3.30. The average molecular weight is 366 g/mol. The van der Waals surface area contributed by atoms with Crippen molar-refractivity contribution in [1.82, 2.24) is 0 Å². The number of carbonyl (C=O) groups excluding carboxylic acids is 1. The Bertz CT molecular complexity index is 753. The molecule has 1 N–H and O–H groups in total. The van der Waals surface area contributed by atoms with Crippen LogP contribution in [0.15, 0.2) is 41.3 Å². The van der Waals surface area contributed by atoms with Gasteiger partial charge in [-0.3, -0.25) is 4.79 Å². The first-order valence-corrected chi connectivity index (χ1v) is 8.92. The Morgan fingerprint density at radius 2 is 1.96 bits per heavy atom. The Labute approximate surface area is 149 Å². The highest BCUT2D eigenvalue weighted by Gasteiger charge is 2.17. The summed E-state index contributed by atoms with van der Waals surface area (Å²) >= 11 is 7.52. The molecule has 0 radical (unpaired) electrons. The van der Waals surface area contributed by atoms with Gasteiger partial charge >= 0.3 is 0 Å². The molecule has 0 saturated heterocycles. The van der Waals surface area contributed by atoms with Crippen molar-refractivity contribution in [1.29, 1.82) is 0 Å². The van der Waals surface area contributed by atoms with Crippen molar-refractivity contribution in [3.63, 3.8) is 0 Å². The third-order valence-corrected chi connectivity index (χ3v) is 4.42. The second-order valence-electron chi connectivity index (χ2n) is 4.96. The zero-order valence-electron chi connectivity index (χ0n) is 13.0. The van der Waals surface area contributed by atoms with Gasteiger partial charge in [-0.05, 0) is 24.5 Å². The van der Waals surface area contributed by atoms with Gasteiger partial charge in [-0.1, -0.05) is 23.7 Å². The molecule has 126 valence electrons. The molecule has 3 rings (SSSR count). The fourth-order valence-electron chi connectivity index (χ4n) is 2.23. The molecular formula is C17H16ClNO4S. The van der Waals surface area contributed by atoms with Crippen molar-refractivity contribution in [2.24, 2.45) is 0 Å². The number of nitrogens with one attached hydrogen (secondary N) is 1. The molecule has 0 spiro atoms. The lowest BCUT2D eigenvalue weighted by Crippen LogP contribution is -2.21. The Morgan fingerprint density at radius 3 is 2.67 bits per heavy atom. The van der Waals surface area contributed by atoms with E-state index < -0.39 is 0 Å². The Morgan fingerprint density at radius 1 is 1.25 bits per heavy atom. The van der Waals surface area contributed by atoms with Gasteiger partial charge in [0.25, 0.3) is 5.91 Å². The van der Waals surface area contributed by atoms with Crippen molar-refractivity contribution in [2.75, 3.05) is 31.4 Å². The lowest BCUT2D eigenvalue weighted by molar-refractivity contribution is -0.118. The molecule has 0 saturated carbocycles. The van der Waals surface area contributed by atoms with Crippen LogP contribution in [0, 0.1) is 0 Å². The summed E-state index contributed by atoms with van der Waals surface area (Å²) in [6.07, 6.45) is 1.93. The molecule has 7 heteroatoms. The number of ether oxygens (including phenoxy) is 3. The van der Waals surface area contributed by atoms with Crippen molar-refractivity contribution >= 4 is 35.0 Å². The van der Waals surface area contributed by atoms with E-state index in [0.29, 0.717) is 41.2 Å². The number of rotatable bonds is 5. The maximum atomic E-state index is 12.2. The van der Waals surface area contributed by atoms with Gasteiger partial charge in [0, 0.05) is 11.0 Å². The molecule has 1 amide bonds. The van der Waals surface area contributed by atoms with Crippen LogP contribution in [-0.4, -0.2) is 32.0 Å². The molecule has 0 fully saturated rings. The zero-order chi connectivity index (χ0) is 16.9. The number of carbonyl (C=O) groups is 1. The van der Waals surface area contributed by atoms with Crippen molar-refractivity contribution in [3.8, 4) is 17.2 Å². The summed E-state index contributed by atoms with van der Waals surface area (Å²) in [6.45, 7) is 0.888. The minimum Gasteiger partial charge on any atom is -0.486 e. The van der Waals surface area contributed by atoms with Crippen LogP contribution in [0.1, 0.15) is 0 Å². The van der Waals surface area contributed by atoms with E-state index in [1.807, 2.05) is 12.3 Å². The smallest absolute Gasteiger partial charge is 0.262 e. The molecule has 2 aromatic rings. The minimum absolute atomic E-state index is 0.133. The molecule has 2 aromatic carbocycles. The van der Waals surface area contributed by atoms with Crippen LogP contribution < -0.4 is 19.5 Å². The normalized spacial score (nSPS) is 12.6. The summed E-state index contributed by atoms with van der Waals surface area (Å²) < 4.78 is 16.6. The second-order valence-corrected chi connectivity index (χ2v) is 6.22. The highest BCUT2D eigenvalue weighted by Crippen LogP contribution is 2.39. The number of fused-ring (bicyclic) bond motifs is 1. The summed E-state index contributed by atoms with van der Waals surface area (Å²) in [4.78, 5) is 13.1. The SMILES string of the molecule is CSc1cc2c(cc1NC(=O)COc1ccccc1Cl)OCCO2. The quantitative estimate of drug-likeness (QED) is 0.815. The third kappa shape index (κ3) is 3.88. The van der Waals surface area contributed by atoms with E-state index in [0.717, 1.165) is 4.90 Å². The van der Waals surface area contributed by atoms with E-state index in [4.69, 9.17) is 25.8 Å². The highest BCUT2D eigenvalue weighted by molar-refractivity contribution is 7.98. The van der Waals surface area contributed by atoms with E-state index in [1.54, 1.807) is 30.3 Å². The standard InChI is InChI=1S/C17H16ClNO4S/c1-24-16-9-15-14(21-6-7-22-15)8-12(16)19-17(20)10-23-13-5-3-2-4-11(13)18/h2-5,8-9H,6-7,10H2,1H3,(H,19,20). The van der Waals surface area contributed by atoms with Gasteiger partial charge < -0.3 is 19.5 Å². The maximum Gasteiger partial charge on any atom is 0.262 e. The molecule has 0 aromatic heterocycles. The first kappa shape index (κ1) is 16.8. The van der Waals surface area contributed by atoms with E-state index in [2.05, 4.69) is 5.32 Å². The minimum atomic E-state index is -0.276. The lowest BCUT2D eigenvalue weighted by Gasteiger charge is -2.21. The predicted octanol–water partition coefficient (Wildman–Crippen LogP) is 3.85. The first-order chi connectivity index (χ1) is 11.7. The summed E-state index contributed by atoms with van der Waals surface area (Å²) in [6, 6.07) is 10.7. The van der Waals surface area contributed by atoms with Gasteiger partial charge in [-0.2, -0.15) is 0 Å². The number of amides is 1. The topological polar surface area (TPSA) is 56.8 Å². The van der Waals surface area contributed by atoms with Crippen LogP contribution in [0.25, 0.3) is 0 Å². The molecule has 1 aliphatic heterocycles. The van der Waals surface area contributed by atoms with Gasteiger partial charge in [-0.15, -0.1) is 11.8 Å². The third-order valence-electron chi connectivity index (χ3n) is 3.33.